The molecule has 0 saturated carbocycles. The third-order valence-electron chi connectivity index (χ3n) is 5.89. The first-order chi connectivity index (χ1) is 17.9. The van der Waals surface area contributed by atoms with Crippen molar-refractivity contribution >= 4 is 16.7 Å². The Bertz CT molecular complexity index is 1660. The number of carbonyl (C=O) groups is 1. The van der Waals surface area contributed by atoms with Crippen LogP contribution in [0.5, 0.6) is 17.2 Å². The molecular weight excluding hydrogens is 473 g/mol. The third kappa shape index (κ3) is 5.08. The summed E-state index contributed by atoms with van der Waals surface area (Å²) in [6.07, 6.45) is 6.25. The molecule has 2 aromatic carbocycles. The van der Waals surface area contributed by atoms with Crippen LogP contribution in [0.4, 0.5) is 4.39 Å². The molecule has 3 aromatic heterocycles. The molecule has 0 radical (unpaired) electrons. The van der Waals surface area contributed by atoms with Gasteiger partial charge in [-0.25, -0.2) is 4.39 Å². The molecule has 0 unspecified atom stereocenters. The molecule has 37 heavy (non-hydrogen) atoms. The summed E-state index contributed by atoms with van der Waals surface area (Å²) in [6.45, 7) is 0. The minimum atomic E-state index is -0.408. The molecule has 0 amide bonds. The van der Waals surface area contributed by atoms with Crippen molar-refractivity contribution in [3.63, 3.8) is 0 Å². The molecule has 0 aliphatic heterocycles. The Balaban J connectivity index is 1.36. The number of methoxy groups -OCH3 is 1. The normalized spacial score (nSPS) is 10.9. The lowest BCUT2D eigenvalue weighted by Gasteiger charge is -2.10. The molecule has 0 aliphatic carbocycles. The van der Waals surface area contributed by atoms with Crippen LogP contribution in [0.15, 0.2) is 90.2 Å². The first kappa shape index (κ1) is 23.9. The molecule has 0 bridgehead atoms. The van der Waals surface area contributed by atoms with Gasteiger partial charge in [0.1, 0.15) is 23.1 Å². The summed E-state index contributed by atoms with van der Waals surface area (Å²) in [5, 5.41) is 0.790. The van der Waals surface area contributed by atoms with Gasteiger partial charge in [-0.2, -0.15) is 0 Å². The van der Waals surface area contributed by atoms with Gasteiger partial charge in [0.25, 0.3) is 0 Å². The predicted molar refractivity (Wildman–Crippen MR) is 138 cm³/mol. The van der Waals surface area contributed by atoms with Crippen LogP contribution in [0.1, 0.15) is 16.1 Å². The van der Waals surface area contributed by atoms with Crippen molar-refractivity contribution in [2.45, 2.75) is 6.42 Å². The molecule has 0 spiro atoms. The zero-order chi connectivity index (χ0) is 25.9. The second kappa shape index (κ2) is 10.0. The first-order valence-electron chi connectivity index (χ1n) is 11.5. The van der Waals surface area contributed by atoms with Gasteiger partial charge in [-0.3, -0.25) is 19.6 Å². The largest absolute Gasteiger partial charge is 0.497 e. The number of aryl methyl sites for hydroxylation is 1. The number of pyridine rings is 3. The van der Waals surface area contributed by atoms with E-state index in [2.05, 4.69) is 9.97 Å². The Morgan fingerprint density at radius 1 is 0.973 bits per heavy atom. The molecular formula is C29H22FN3O4. The van der Waals surface area contributed by atoms with E-state index in [0.717, 1.165) is 10.9 Å². The predicted octanol–water partition coefficient (Wildman–Crippen LogP) is 5.36. The van der Waals surface area contributed by atoms with Gasteiger partial charge in [-0.15, -0.1) is 0 Å². The van der Waals surface area contributed by atoms with Crippen LogP contribution < -0.4 is 14.9 Å². The van der Waals surface area contributed by atoms with Gasteiger partial charge < -0.3 is 14.0 Å². The maximum atomic E-state index is 13.3. The van der Waals surface area contributed by atoms with E-state index in [9.17, 15) is 14.0 Å². The minimum absolute atomic E-state index is 0.0451. The van der Waals surface area contributed by atoms with Gasteiger partial charge >= 0.3 is 0 Å². The van der Waals surface area contributed by atoms with Crippen molar-refractivity contribution < 1.29 is 18.7 Å². The van der Waals surface area contributed by atoms with Crippen molar-refractivity contribution in [1.82, 2.24) is 14.5 Å². The maximum Gasteiger partial charge on any atom is 0.200 e. The molecule has 5 rings (SSSR count). The van der Waals surface area contributed by atoms with Crippen molar-refractivity contribution in [2.75, 3.05) is 7.11 Å². The monoisotopic (exact) mass is 495 g/mol. The Kier molecular flexibility index (Phi) is 6.47. The number of hydrogen-bond acceptors (Lipinski definition) is 6. The van der Waals surface area contributed by atoms with Gasteiger partial charge in [-0.1, -0.05) is 12.1 Å². The second-order valence-corrected chi connectivity index (χ2v) is 8.47. The van der Waals surface area contributed by atoms with E-state index in [1.165, 1.54) is 36.7 Å². The standard InChI is InChI=1S/C29H22FN3O4/c1-33-16-24(18-3-5-19(30)6-4-18)29(35)25(17-33)27(34)13-20-7-8-22(15-32-20)37-28-11-12-31-26-10-9-21(36-2)14-23(26)28/h3-12,14-17H,13H2,1-2H3. The number of aromatic nitrogens is 3. The topological polar surface area (TPSA) is 83.3 Å². The maximum absolute atomic E-state index is 13.3. The first-order valence-corrected chi connectivity index (χ1v) is 11.5. The van der Waals surface area contributed by atoms with E-state index in [0.29, 0.717) is 34.1 Å². The van der Waals surface area contributed by atoms with Crippen LogP contribution in [-0.2, 0) is 13.5 Å². The van der Waals surface area contributed by atoms with Crippen LogP contribution in [0.25, 0.3) is 22.0 Å². The Labute approximate surface area is 211 Å². The lowest BCUT2D eigenvalue weighted by atomic mass is 10.0. The summed E-state index contributed by atoms with van der Waals surface area (Å²) < 4.78 is 26.3. The van der Waals surface area contributed by atoms with E-state index in [-0.39, 0.29) is 17.8 Å². The number of benzene rings is 2. The highest BCUT2D eigenvalue weighted by Gasteiger charge is 2.17. The number of hydrogen-bond donors (Lipinski definition) is 0. The fraction of sp³-hybridized carbons (Fsp3) is 0.103. The Morgan fingerprint density at radius 2 is 1.76 bits per heavy atom. The highest BCUT2D eigenvalue weighted by atomic mass is 19.1. The second-order valence-electron chi connectivity index (χ2n) is 8.47. The number of rotatable bonds is 7. The summed E-state index contributed by atoms with van der Waals surface area (Å²) in [7, 11) is 3.32. The molecule has 0 aliphatic rings. The van der Waals surface area contributed by atoms with Gasteiger partial charge in [0.2, 0.25) is 0 Å². The van der Waals surface area contributed by atoms with E-state index >= 15 is 0 Å². The van der Waals surface area contributed by atoms with Crippen molar-refractivity contribution in [2.24, 2.45) is 7.05 Å². The molecule has 8 heteroatoms. The molecule has 0 N–H and O–H groups in total. The SMILES string of the molecule is COc1ccc2nccc(Oc3ccc(CC(=O)c4cn(C)cc(-c5ccc(F)cc5)c4=O)nc3)c2c1. The third-order valence-corrected chi connectivity index (χ3v) is 5.89. The van der Waals surface area contributed by atoms with Gasteiger partial charge in [0, 0.05) is 42.3 Å². The van der Waals surface area contributed by atoms with Crippen molar-refractivity contribution in [3.8, 4) is 28.4 Å². The van der Waals surface area contributed by atoms with Crippen molar-refractivity contribution in [3.05, 3.63) is 113 Å². The Morgan fingerprint density at radius 3 is 2.49 bits per heavy atom. The summed E-state index contributed by atoms with van der Waals surface area (Å²) in [4.78, 5) is 34.8. The number of carbonyl (C=O) groups excluding carboxylic acids is 1. The van der Waals surface area contributed by atoms with Gasteiger partial charge in [0.15, 0.2) is 11.2 Å². The van der Waals surface area contributed by atoms with Crippen LogP contribution in [-0.4, -0.2) is 27.4 Å². The fourth-order valence-corrected chi connectivity index (χ4v) is 4.02. The number of ether oxygens (including phenoxy) is 2. The van der Waals surface area contributed by atoms with Crippen LogP contribution in [0.2, 0.25) is 0 Å². The highest BCUT2D eigenvalue weighted by Crippen LogP contribution is 2.31. The smallest absolute Gasteiger partial charge is 0.200 e. The van der Waals surface area contributed by atoms with E-state index in [1.807, 2.05) is 18.2 Å². The number of fused-ring (bicyclic) bond motifs is 1. The summed E-state index contributed by atoms with van der Waals surface area (Å²) in [5.41, 5.74) is 1.76. The average Bonchev–Trinajstić information content (AvgIpc) is 2.91. The van der Waals surface area contributed by atoms with Gasteiger partial charge in [0.05, 0.1) is 30.8 Å². The molecule has 7 nitrogen and oxygen atoms in total. The summed E-state index contributed by atoms with van der Waals surface area (Å²) in [5.74, 6) is 1.00. The minimum Gasteiger partial charge on any atom is -0.497 e. The lowest BCUT2D eigenvalue weighted by Crippen LogP contribution is -2.20. The quantitative estimate of drug-likeness (QED) is 0.283. The van der Waals surface area contributed by atoms with Gasteiger partial charge in [-0.05, 0) is 54.1 Å². The molecule has 0 fully saturated rings. The molecule has 0 atom stereocenters. The van der Waals surface area contributed by atoms with E-state index in [4.69, 9.17) is 9.47 Å². The van der Waals surface area contributed by atoms with Crippen LogP contribution in [0.3, 0.4) is 0 Å². The Hall–Kier alpha value is -4.85. The zero-order valence-corrected chi connectivity index (χ0v) is 20.1. The number of ketones is 1. The highest BCUT2D eigenvalue weighted by molar-refractivity contribution is 5.98. The van der Waals surface area contributed by atoms with Crippen molar-refractivity contribution in [1.29, 1.82) is 0 Å². The fourth-order valence-electron chi connectivity index (χ4n) is 4.02. The van der Waals surface area contributed by atoms with Crippen LogP contribution >= 0.6 is 0 Å². The number of nitrogens with zero attached hydrogens (tertiary/aromatic N) is 3. The summed E-state index contributed by atoms with van der Waals surface area (Å²) in [6, 6.07) is 16.3. The van der Waals surface area contributed by atoms with E-state index in [1.54, 1.807) is 49.3 Å². The average molecular weight is 496 g/mol. The molecule has 184 valence electrons. The zero-order valence-electron chi connectivity index (χ0n) is 20.1. The molecule has 3 heterocycles. The summed E-state index contributed by atoms with van der Waals surface area (Å²) >= 11 is 0. The lowest BCUT2D eigenvalue weighted by molar-refractivity contribution is 0.0990. The van der Waals surface area contributed by atoms with E-state index < -0.39 is 11.2 Å². The number of Topliss-reactive ketones (excluding diaryl/α,β-unsaturated/α-hetero) is 1. The number of halogens is 1. The molecule has 0 saturated heterocycles. The molecule has 5 aromatic rings. The van der Waals surface area contributed by atoms with Crippen LogP contribution in [0, 0.1) is 5.82 Å².